The van der Waals surface area contributed by atoms with E-state index in [2.05, 4.69) is 17.1 Å². The Morgan fingerprint density at radius 2 is 1.96 bits per heavy atom. The summed E-state index contributed by atoms with van der Waals surface area (Å²) >= 11 is 0. The molecule has 1 aliphatic heterocycles. The van der Waals surface area contributed by atoms with E-state index >= 15 is 0 Å². The molecule has 3 rings (SSSR count). The van der Waals surface area contributed by atoms with E-state index in [0.29, 0.717) is 13.2 Å². The van der Waals surface area contributed by atoms with Gasteiger partial charge in [-0.05, 0) is 48.9 Å². The molecule has 2 amide bonds. The van der Waals surface area contributed by atoms with Crippen molar-refractivity contribution in [3.63, 3.8) is 0 Å². The lowest BCUT2D eigenvalue weighted by Gasteiger charge is -2.16. The lowest BCUT2D eigenvalue weighted by molar-refractivity contribution is -0.126. The highest BCUT2D eigenvalue weighted by Crippen LogP contribution is 2.25. The fourth-order valence-electron chi connectivity index (χ4n) is 2.92. The molecule has 28 heavy (non-hydrogen) atoms. The first-order valence-corrected chi connectivity index (χ1v) is 9.10. The van der Waals surface area contributed by atoms with Crippen LogP contribution in [-0.4, -0.2) is 31.2 Å². The molecule has 1 atom stereocenters. The molecular weight excluding hydrogens is 354 g/mol. The molecule has 1 saturated heterocycles. The smallest absolute Gasteiger partial charge is 0.245 e. The van der Waals surface area contributed by atoms with E-state index in [1.807, 2.05) is 55.5 Å². The van der Waals surface area contributed by atoms with Crippen molar-refractivity contribution < 1.29 is 14.3 Å². The highest BCUT2D eigenvalue weighted by Gasteiger charge is 2.35. The van der Waals surface area contributed by atoms with E-state index in [1.165, 1.54) is 0 Å². The zero-order chi connectivity index (χ0) is 19.9. The summed E-state index contributed by atoms with van der Waals surface area (Å²) in [6.07, 6.45) is 3.42. The molecule has 2 aromatic rings. The molecule has 1 N–H and O–H groups in total. The van der Waals surface area contributed by atoms with E-state index < -0.39 is 5.92 Å². The molecule has 0 aromatic heterocycles. The number of hydrogen-bond donors (Lipinski definition) is 1. The molecule has 0 spiro atoms. The standard InChI is InChI=1S/C22H23N3O3/c1-3-12-28-20-10-6-17(7-11-20)14-23-24-22(27)18-13-21(26)25(15-18)19-8-4-16(2)5-9-19/h3-11,14,18H,1,12-13,15H2,2H3,(H,24,27)/b23-14+/t18-/m0/s1. The van der Waals surface area contributed by atoms with E-state index in [0.717, 1.165) is 22.6 Å². The number of nitrogens with one attached hydrogen (secondary N) is 1. The minimum absolute atomic E-state index is 0.0527. The maximum atomic E-state index is 12.4. The number of hydrogen-bond acceptors (Lipinski definition) is 4. The first-order valence-electron chi connectivity index (χ1n) is 9.10. The minimum atomic E-state index is -0.416. The Morgan fingerprint density at radius 3 is 2.64 bits per heavy atom. The first kappa shape index (κ1) is 19.4. The van der Waals surface area contributed by atoms with E-state index in [9.17, 15) is 9.59 Å². The van der Waals surface area contributed by atoms with Gasteiger partial charge in [-0.3, -0.25) is 9.59 Å². The van der Waals surface area contributed by atoms with E-state index in [-0.39, 0.29) is 18.2 Å². The average molecular weight is 377 g/mol. The summed E-state index contributed by atoms with van der Waals surface area (Å²) in [5.74, 6) is 0.00984. The molecule has 0 radical (unpaired) electrons. The number of carbonyl (C=O) groups excluding carboxylic acids is 2. The average Bonchev–Trinajstić information content (AvgIpc) is 3.09. The Balaban J connectivity index is 1.53. The van der Waals surface area contributed by atoms with Gasteiger partial charge in [0.1, 0.15) is 12.4 Å². The van der Waals surface area contributed by atoms with E-state index in [4.69, 9.17) is 4.74 Å². The summed E-state index contributed by atoms with van der Waals surface area (Å²) in [5, 5.41) is 4.00. The Bertz CT molecular complexity index is 873. The van der Waals surface area contributed by atoms with Gasteiger partial charge in [-0.25, -0.2) is 5.43 Å². The molecule has 6 nitrogen and oxygen atoms in total. The second-order valence-corrected chi connectivity index (χ2v) is 6.64. The molecule has 144 valence electrons. The molecule has 6 heteroatoms. The second kappa shape index (κ2) is 8.99. The monoisotopic (exact) mass is 377 g/mol. The van der Waals surface area contributed by atoms with Crippen LogP contribution < -0.4 is 15.1 Å². The second-order valence-electron chi connectivity index (χ2n) is 6.64. The number of nitrogens with zero attached hydrogens (tertiary/aromatic N) is 2. The highest BCUT2D eigenvalue weighted by molar-refractivity contribution is 6.00. The third-order valence-electron chi connectivity index (χ3n) is 4.48. The summed E-state index contributed by atoms with van der Waals surface area (Å²) in [6.45, 7) is 6.40. The molecule has 0 saturated carbocycles. The summed E-state index contributed by atoms with van der Waals surface area (Å²) < 4.78 is 5.41. The molecule has 0 aliphatic carbocycles. The molecular formula is C22H23N3O3. The van der Waals surface area contributed by atoms with Crippen LogP contribution in [0.15, 0.2) is 66.3 Å². The van der Waals surface area contributed by atoms with Crippen molar-refractivity contribution >= 4 is 23.7 Å². The summed E-state index contributed by atoms with van der Waals surface area (Å²) in [4.78, 5) is 26.3. The van der Waals surface area contributed by atoms with Crippen molar-refractivity contribution in [1.82, 2.24) is 5.43 Å². The first-order chi connectivity index (χ1) is 13.6. The van der Waals surface area contributed by atoms with Crippen LogP contribution in [0.3, 0.4) is 0 Å². The SMILES string of the molecule is C=CCOc1ccc(/C=N/NC(=O)[C@H]2CC(=O)N(c3ccc(C)cc3)C2)cc1. The Kier molecular flexibility index (Phi) is 6.22. The van der Waals surface area contributed by atoms with Gasteiger partial charge in [0.15, 0.2) is 0 Å². The van der Waals surface area contributed by atoms with Gasteiger partial charge in [-0.1, -0.05) is 30.4 Å². The number of hydrazone groups is 1. The third kappa shape index (κ3) is 4.85. The van der Waals surface area contributed by atoms with Gasteiger partial charge < -0.3 is 9.64 Å². The van der Waals surface area contributed by atoms with Crippen LogP contribution in [0.25, 0.3) is 0 Å². The fourth-order valence-corrected chi connectivity index (χ4v) is 2.92. The quantitative estimate of drug-likeness (QED) is 0.458. The zero-order valence-corrected chi connectivity index (χ0v) is 15.8. The van der Waals surface area contributed by atoms with Gasteiger partial charge in [0.25, 0.3) is 0 Å². The number of anilines is 1. The summed E-state index contributed by atoms with van der Waals surface area (Å²) in [6, 6.07) is 15.0. The van der Waals surface area contributed by atoms with Crippen molar-refractivity contribution in [2.24, 2.45) is 11.0 Å². The van der Waals surface area contributed by atoms with Gasteiger partial charge in [0, 0.05) is 18.7 Å². The van der Waals surface area contributed by atoms with Crippen LogP contribution in [-0.2, 0) is 9.59 Å². The van der Waals surface area contributed by atoms with Crippen molar-refractivity contribution in [1.29, 1.82) is 0 Å². The molecule has 1 fully saturated rings. The predicted octanol–water partition coefficient (Wildman–Crippen LogP) is 3.06. The largest absolute Gasteiger partial charge is 0.490 e. The molecule has 1 heterocycles. The van der Waals surface area contributed by atoms with Gasteiger partial charge in [-0.15, -0.1) is 0 Å². The van der Waals surface area contributed by atoms with Crippen LogP contribution >= 0.6 is 0 Å². The van der Waals surface area contributed by atoms with Crippen LogP contribution in [0.5, 0.6) is 5.75 Å². The maximum absolute atomic E-state index is 12.4. The van der Waals surface area contributed by atoms with Gasteiger partial charge in [-0.2, -0.15) is 5.10 Å². The Hall–Kier alpha value is -3.41. The molecule has 0 bridgehead atoms. The predicted molar refractivity (Wildman–Crippen MR) is 110 cm³/mol. The number of benzene rings is 2. The normalized spacial score (nSPS) is 16.4. The van der Waals surface area contributed by atoms with E-state index in [1.54, 1.807) is 17.2 Å². The number of amides is 2. The highest BCUT2D eigenvalue weighted by atomic mass is 16.5. The van der Waals surface area contributed by atoms with Gasteiger partial charge in [0.05, 0.1) is 12.1 Å². The lowest BCUT2D eigenvalue weighted by Crippen LogP contribution is -2.30. The van der Waals surface area contributed by atoms with Crippen LogP contribution in [0, 0.1) is 12.8 Å². The van der Waals surface area contributed by atoms with Crippen molar-refractivity contribution in [3.8, 4) is 5.75 Å². The molecule has 1 aliphatic rings. The van der Waals surface area contributed by atoms with Crippen LogP contribution in [0.1, 0.15) is 17.5 Å². The lowest BCUT2D eigenvalue weighted by atomic mass is 10.1. The summed E-state index contributed by atoms with van der Waals surface area (Å²) in [7, 11) is 0. The third-order valence-corrected chi connectivity index (χ3v) is 4.48. The van der Waals surface area contributed by atoms with Crippen molar-refractivity contribution in [2.75, 3.05) is 18.1 Å². The maximum Gasteiger partial charge on any atom is 0.245 e. The van der Waals surface area contributed by atoms with Gasteiger partial charge in [0.2, 0.25) is 11.8 Å². The van der Waals surface area contributed by atoms with Crippen LogP contribution in [0.4, 0.5) is 5.69 Å². The van der Waals surface area contributed by atoms with Crippen molar-refractivity contribution in [3.05, 3.63) is 72.3 Å². The number of aryl methyl sites for hydroxylation is 1. The Morgan fingerprint density at radius 1 is 1.25 bits per heavy atom. The van der Waals surface area contributed by atoms with Crippen LogP contribution in [0.2, 0.25) is 0 Å². The topological polar surface area (TPSA) is 71.0 Å². The zero-order valence-electron chi connectivity index (χ0n) is 15.8. The number of rotatable bonds is 7. The number of carbonyl (C=O) groups is 2. The van der Waals surface area contributed by atoms with Gasteiger partial charge >= 0.3 is 0 Å². The molecule has 0 unspecified atom stereocenters. The Labute approximate surface area is 164 Å². The summed E-state index contributed by atoms with van der Waals surface area (Å²) in [5.41, 5.74) is 5.30. The minimum Gasteiger partial charge on any atom is -0.490 e. The number of ether oxygens (including phenoxy) is 1. The fraction of sp³-hybridized carbons (Fsp3) is 0.227. The van der Waals surface area contributed by atoms with Crippen molar-refractivity contribution in [2.45, 2.75) is 13.3 Å². The molecule has 2 aromatic carbocycles.